The van der Waals surface area contributed by atoms with Gasteiger partial charge in [0.15, 0.2) is 0 Å². The van der Waals surface area contributed by atoms with Crippen molar-refractivity contribution in [1.29, 1.82) is 0 Å². The topological polar surface area (TPSA) is 49.3 Å². The molecule has 0 heterocycles. The van der Waals surface area contributed by atoms with Gasteiger partial charge in [0.2, 0.25) is 0 Å². The molecule has 2 aromatic rings. The molecule has 0 saturated carbocycles. The van der Waals surface area contributed by atoms with Crippen molar-refractivity contribution < 1.29 is 14.3 Å². The molecule has 1 aliphatic carbocycles. The van der Waals surface area contributed by atoms with Crippen molar-refractivity contribution in [3.63, 3.8) is 0 Å². The molecule has 0 spiro atoms. The average molecular weight is 271 g/mol. The second-order valence-electron chi connectivity index (χ2n) is 4.95. The van der Waals surface area contributed by atoms with Crippen molar-refractivity contribution in [1.82, 2.24) is 0 Å². The van der Waals surface area contributed by atoms with Crippen LogP contribution in [0.15, 0.2) is 42.5 Å². The second kappa shape index (κ2) is 4.96. The lowest BCUT2D eigenvalue weighted by molar-refractivity contribution is 0.0693. The van der Waals surface area contributed by atoms with Crippen LogP contribution in [0.5, 0.6) is 0 Å². The zero-order valence-electron chi connectivity index (χ0n) is 10.8. The third-order valence-electron chi connectivity index (χ3n) is 3.73. The maximum atomic E-state index is 13.5. The number of carboxylic acids is 1. The number of fused-ring (bicyclic) bond motifs is 1. The molecule has 2 aromatic carbocycles. The molecule has 3 rings (SSSR count). The van der Waals surface area contributed by atoms with E-state index in [2.05, 4.69) is 17.4 Å². The number of hydrogen-bond acceptors (Lipinski definition) is 2. The summed E-state index contributed by atoms with van der Waals surface area (Å²) in [6, 6.07) is 12.4. The lowest BCUT2D eigenvalue weighted by atomic mass is 9.77. The maximum Gasteiger partial charge on any atom is 0.340 e. The first-order valence-corrected chi connectivity index (χ1v) is 6.50. The molecule has 0 bridgehead atoms. The second-order valence-corrected chi connectivity index (χ2v) is 4.95. The molecule has 3 nitrogen and oxygen atoms in total. The number of hydrogen-bond donors (Lipinski definition) is 2. The summed E-state index contributed by atoms with van der Waals surface area (Å²) >= 11 is 0. The van der Waals surface area contributed by atoms with Crippen molar-refractivity contribution >= 4 is 11.7 Å². The summed E-state index contributed by atoms with van der Waals surface area (Å²) in [4.78, 5) is 11.1. The Balaban J connectivity index is 1.75. The SMILES string of the molecule is O=C(O)c1c(F)cccc1NCC1Cc2ccccc21. The highest BCUT2D eigenvalue weighted by Crippen LogP contribution is 2.35. The predicted molar refractivity (Wildman–Crippen MR) is 74.7 cm³/mol. The fourth-order valence-electron chi connectivity index (χ4n) is 2.67. The van der Waals surface area contributed by atoms with Crippen LogP contribution in [0.2, 0.25) is 0 Å². The third-order valence-corrected chi connectivity index (χ3v) is 3.73. The molecule has 20 heavy (non-hydrogen) atoms. The molecule has 0 aliphatic heterocycles. The summed E-state index contributed by atoms with van der Waals surface area (Å²) < 4.78 is 13.5. The van der Waals surface area contributed by atoms with Crippen molar-refractivity contribution in [3.8, 4) is 0 Å². The Labute approximate surface area is 116 Å². The molecule has 0 radical (unpaired) electrons. The van der Waals surface area contributed by atoms with Gasteiger partial charge in [-0.1, -0.05) is 30.3 Å². The van der Waals surface area contributed by atoms with Crippen LogP contribution in [-0.4, -0.2) is 17.6 Å². The van der Waals surface area contributed by atoms with E-state index in [1.807, 2.05) is 12.1 Å². The quantitative estimate of drug-likeness (QED) is 0.897. The Morgan fingerprint density at radius 1 is 1.25 bits per heavy atom. The number of rotatable bonds is 4. The third kappa shape index (κ3) is 2.13. The van der Waals surface area contributed by atoms with Gasteiger partial charge in [0.05, 0.1) is 5.69 Å². The summed E-state index contributed by atoms with van der Waals surface area (Å²) in [5, 5.41) is 12.1. The van der Waals surface area contributed by atoms with Gasteiger partial charge in [0.1, 0.15) is 11.4 Å². The molecule has 0 fully saturated rings. The van der Waals surface area contributed by atoms with Gasteiger partial charge >= 0.3 is 5.97 Å². The van der Waals surface area contributed by atoms with Gasteiger partial charge < -0.3 is 10.4 Å². The van der Waals surface area contributed by atoms with Crippen molar-refractivity contribution in [2.45, 2.75) is 12.3 Å². The van der Waals surface area contributed by atoms with Crippen LogP contribution < -0.4 is 5.32 Å². The first kappa shape index (κ1) is 12.7. The minimum Gasteiger partial charge on any atom is -0.478 e. The highest BCUT2D eigenvalue weighted by Gasteiger charge is 2.25. The maximum absolute atomic E-state index is 13.5. The molecule has 4 heteroatoms. The normalized spacial score (nSPS) is 16.1. The Kier molecular flexibility index (Phi) is 3.14. The van der Waals surface area contributed by atoms with Gasteiger partial charge in [-0.05, 0) is 29.7 Å². The number of halogens is 1. The van der Waals surface area contributed by atoms with Gasteiger partial charge in [-0.3, -0.25) is 0 Å². The van der Waals surface area contributed by atoms with E-state index in [9.17, 15) is 9.18 Å². The molecule has 1 aliphatic rings. The summed E-state index contributed by atoms with van der Waals surface area (Å²) in [6.45, 7) is 0.612. The number of benzene rings is 2. The zero-order valence-corrected chi connectivity index (χ0v) is 10.8. The van der Waals surface area contributed by atoms with Crippen LogP contribution in [-0.2, 0) is 6.42 Å². The summed E-state index contributed by atoms with van der Waals surface area (Å²) in [7, 11) is 0. The highest BCUT2D eigenvalue weighted by molar-refractivity contribution is 5.94. The molecule has 0 aromatic heterocycles. The lowest BCUT2D eigenvalue weighted by Crippen LogP contribution is -2.25. The Morgan fingerprint density at radius 3 is 2.80 bits per heavy atom. The lowest BCUT2D eigenvalue weighted by Gasteiger charge is -2.30. The number of aromatic carboxylic acids is 1. The van der Waals surface area contributed by atoms with Gasteiger partial charge in [-0.2, -0.15) is 0 Å². The average Bonchev–Trinajstić information content (AvgIpc) is 2.39. The number of carboxylic acid groups (broad SMARTS) is 1. The van der Waals surface area contributed by atoms with Gasteiger partial charge in [-0.15, -0.1) is 0 Å². The smallest absolute Gasteiger partial charge is 0.340 e. The van der Waals surface area contributed by atoms with E-state index in [0.717, 1.165) is 12.5 Å². The van der Waals surface area contributed by atoms with Crippen molar-refractivity contribution in [3.05, 3.63) is 65.0 Å². The first-order chi connectivity index (χ1) is 9.66. The van der Waals surface area contributed by atoms with Crippen LogP contribution in [0, 0.1) is 5.82 Å². The van der Waals surface area contributed by atoms with Crippen LogP contribution >= 0.6 is 0 Å². The minimum atomic E-state index is -1.25. The Morgan fingerprint density at radius 2 is 2.05 bits per heavy atom. The molecule has 102 valence electrons. The van der Waals surface area contributed by atoms with Crippen LogP contribution in [0.1, 0.15) is 27.4 Å². The number of anilines is 1. The fourth-order valence-corrected chi connectivity index (χ4v) is 2.67. The highest BCUT2D eigenvalue weighted by atomic mass is 19.1. The molecular formula is C16H14FNO2. The molecule has 0 saturated heterocycles. The van der Waals surface area contributed by atoms with Crippen LogP contribution in [0.25, 0.3) is 0 Å². The Bertz CT molecular complexity index is 669. The number of nitrogens with one attached hydrogen (secondary N) is 1. The van der Waals surface area contributed by atoms with E-state index in [1.165, 1.54) is 17.2 Å². The summed E-state index contributed by atoms with van der Waals surface area (Å²) in [5.74, 6) is -1.60. The number of carbonyl (C=O) groups is 1. The zero-order chi connectivity index (χ0) is 14.1. The first-order valence-electron chi connectivity index (χ1n) is 6.50. The standard InChI is InChI=1S/C16H14FNO2/c17-13-6-3-7-14(15(13)16(19)20)18-9-11-8-10-4-1-2-5-12(10)11/h1-7,11,18H,8-9H2,(H,19,20). The minimum absolute atomic E-state index is 0.292. The largest absolute Gasteiger partial charge is 0.478 e. The monoisotopic (exact) mass is 271 g/mol. The van der Waals surface area contributed by atoms with E-state index in [1.54, 1.807) is 6.07 Å². The van der Waals surface area contributed by atoms with Crippen LogP contribution in [0.4, 0.5) is 10.1 Å². The van der Waals surface area contributed by atoms with Crippen LogP contribution in [0.3, 0.4) is 0 Å². The molecule has 0 amide bonds. The van der Waals surface area contributed by atoms with Crippen molar-refractivity contribution in [2.75, 3.05) is 11.9 Å². The van der Waals surface area contributed by atoms with Crippen molar-refractivity contribution in [2.24, 2.45) is 0 Å². The van der Waals surface area contributed by atoms with E-state index >= 15 is 0 Å². The van der Waals surface area contributed by atoms with Gasteiger partial charge in [0, 0.05) is 12.5 Å². The van der Waals surface area contributed by atoms with Gasteiger partial charge in [0.25, 0.3) is 0 Å². The molecular weight excluding hydrogens is 257 g/mol. The molecule has 1 atom stereocenters. The Hall–Kier alpha value is -2.36. The summed E-state index contributed by atoms with van der Waals surface area (Å²) in [5.41, 5.74) is 2.66. The van der Waals surface area contributed by atoms with E-state index in [-0.39, 0.29) is 5.56 Å². The molecule has 1 unspecified atom stereocenters. The van der Waals surface area contributed by atoms with E-state index in [0.29, 0.717) is 18.2 Å². The van der Waals surface area contributed by atoms with E-state index < -0.39 is 11.8 Å². The molecule has 2 N–H and O–H groups in total. The van der Waals surface area contributed by atoms with Gasteiger partial charge in [-0.25, -0.2) is 9.18 Å². The summed E-state index contributed by atoms with van der Waals surface area (Å²) in [6.07, 6.45) is 0.973. The fraction of sp³-hybridized carbons (Fsp3) is 0.188. The predicted octanol–water partition coefficient (Wildman–Crippen LogP) is 3.28. The van der Waals surface area contributed by atoms with E-state index in [4.69, 9.17) is 5.11 Å².